The molecule has 0 N–H and O–H groups in total. The van der Waals surface area contributed by atoms with Gasteiger partial charge in [-0.2, -0.15) is 0 Å². The van der Waals surface area contributed by atoms with E-state index in [4.69, 9.17) is 4.99 Å². The first-order valence-electron chi connectivity index (χ1n) is 9.49. The number of fused-ring (bicyclic) bond motifs is 1. The van der Waals surface area contributed by atoms with Crippen LogP contribution in [0.4, 0.5) is 0 Å². The van der Waals surface area contributed by atoms with Crippen molar-refractivity contribution < 1.29 is 0 Å². The summed E-state index contributed by atoms with van der Waals surface area (Å²) in [6.07, 6.45) is 4.21. The van der Waals surface area contributed by atoms with E-state index >= 15 is 0 Å². The van der Waals surface area contributed by atoms with Crippen molar-refractivity contribution in [3.63, 3.8) is 0 Å². The van der Waals surface area contributed by atoms with Crippen LogP contribution in [0.15, 0.2) is 47.1 Å². The number of hydrogen-bond donors (Lipinski definition) is 0. The van der Waals surface area contributed by atoms with Gasteiger partial charge < -0.3 is 0 Å². The fourth-order valence-electron chi connectivity index (χ4n) is 3.87. The Labute approximate surface area is 153 Å². The Morgan fingerprint density at radius 3 is 2.64 bits per heavy atom. The molecule has 2 aliphatic heterocycles. The number of likely N-dealkylation sites (N-methyl/N-ethyl adjacent to an activating group) is 1. The predicted molar refractivity (Wildman–Crippen MR) is 110 cm³/mol. The van der Waals surface area contributed by atoms with E-state index in [1.807, 2.05) is 0 Å². The van der Waals surface area contributed by atoms with Gasteiger partial charge in [0.25, 0.3) is 0 Å². The van der Waals surface area contributed by atoms with Gasteiger partial charge in [0.05, 0.1) is 0 Å². The minimum absolute atomic E-state index is 0.369. The standard InChI is InChI=1S/C21H30BN3/c1-5-19-16(2)14-23-17(3)20-15-24(4)11-12-25(20)21(22-19)13-18-9-7-6-8-10-18/h6-10,14,19-20H,5,11-13,15H2,1-4H3/b16-14-,23-17?. The predicted octanol–water partition coefficient (Wildman–Crippen LogP) is 3.26. The van der Waals surface area contributed by atoms with Crippen LogP contribution in [0.3, 0.4) is 0 Å². The van der Waals surface area contributed by atoms with E-state index in [-0.39, 0.29) is 0 Å². The molecule has 4 heteroatoms. The van der Waals surface area contributed by atoms with Crippen LogP contribution in [0.25, 0.3) is 0 Å². The van der Waals surface area contributed by atoms with Gasteiger partial charge in [0.1, 0.15) is 0 Å². The average Bonchev–Trinajstić information content (AvgIpc) is 2.67. The van der Waals surface area contributed by atoms with Gasteiger partial charge >= 0.3 is 153 Å². The van der Waals surface area contributed by atoms with Crippen molar-refractivity contribution in [2.24, 2.45) is 4.99 Å². The normalized spacial score (nSPS) is 26.9. The molecule has 2 atom stereocenters. The van der Waals surface area contributed by atoms with Gasteiger partial charge in [0.15, 0.2) is 0 Å². The second kappa shape index (κ2) is 8.14. The molecule has 0 aliphatic carbocycles. The molecule has 2 heterocycles. The van der Waals surface area contributed by atoms with Gasteiger partial charge in [-0.25, -0.2) is 0 Å². The SMILES string of the molecule is CCC1B=C(Cc2ccccc2)N2CCN(C)CC2C(C)=N/C=C\1C. The average molecular weight is 335 g/mol. The molecule has 1 aromatic carbocycles. The first kappa shape index (κ1) is 18.1. The van der Waals surface area contributed by atoms with Gasteiger partial charge in [-0.3, -0.25) is 0 Å². The van der Waals surface area contributed by atoms with Crippen molar-refractivity contribution in [3.8, 4) is 0 Å². The maximum absolute atomic E-state index is 4.84. The molecule has 2 unspecified atom stereocenters. The van der Waals surface area contributed by atoms with Crippen LogP contribution in [0.5, 0.6) is 0 Å². The van der Waals surface area contributed by atoms with E-state index in [1.165, 1.54) is 22.4 Å². The Morgan fingerprint density at radius 1 is 1.16 bits per heavy atom. The topological polar surface area (TPSA) is 18.8 Å². The van der Waals surface area contributed by atoms with E-state index in [1.54, 1.807) is 0 Å². The first-order valence-corrected chi connectivity index (χ1v) is 9.49. The monoisotopic (exact) mass is 335 g/mol. The summed E-state index contributed by atoms with van der Waals surface area (Å²) in [4.78, 5) is 9.87. The molecule has 2 aliphatic rings. The van der Waals surface area contributed by atoms with E-state index in [2.05, 4.69) is 81.1 Å². The molecular weight excluding hydrogens is 305 g/mol. The summed E-state index contributed by atoms with van der Waals surface area (Å²) in [5.74, 6) is 0.466. The molecule has 1 fully saturated rings. The second-order valence-corrected chi connectivity index (χ2v) is 7.45. The summed E-state index contributed by atoms with van der Waals surface area (Å²) in [5.41, 5.74) is 5.43. The van der Waals surface area contributed by atoms with Crippen LogP contribution in [0.1, 0.15) is 32.8 Å². The van der Waals surface area contributed by atoms with Crippen molar-refractivity contribution in [3.05, 3.63) is 47.7 Å². The molecule has 3 rings (SSSR count). The quantitative estimate of drug-likeness (QED) is 0.790. The van der Waals surface area contributed by atoms with Gasteiger partial charge in [0, 0.05) is 0 Å². The van der Waals surface area contributed by atoms with E-state index < -0.39 is 0 Å². The number of hydrogen-bond acceptors (Lipinski definition) is 3. The third kappa shape index (κ3) is 4.30. The fraction of sp³-hybridized carbons (Fsp3) is 0.524. The summed E-state index contributed by atoms with van der Waals surface area (Å²) < 4.78 is 0. The molecule has 0 amide bonds. The summed E-state index contributed by atoms with van der Waals surface area (Å²) in [7, 11) is 2.22. The fourth-order valence-corrected chi connectivity index (χ4v) is 3.87. The summed E-state index contributed by atoms with van der Waals surface area (Å²) in [6, 6.07) is 11.2. The molecule has 0 bridgehead atoms. The summed E-state index contributed by atoms with van der Waals surface area (Å²) >= 11 is 0. The van der Waals surface area contributed by atoms with Gasteiger partial charge in [-0.05, 0) is 0 Å². The van der Waals surface area contributed by atoms with Gasteiger partial charge in [-0.1, -0.05) is 0 Å². The molecule has 0 aromatic heterocycles. The zero-order valence-electron chi connectivity index (χ0n) is 16.1. The van der Waals surface area contributed by atoms with Gasteiger partial charge in [-0.15, -0.1) is 0 Å². The number of piperazine rings is 1. The second-order valence-electron chi connectivity index (χ2n) is 7.45. The van der Waals surface area contributed by atoms with Crippen LogP contribution in [0, 0.1) is 0 Å². The molecular formula is C21H30BN3. The van der Waals surface area contributed by atoms with Crippen molar-refractivity contribution in [2.75, 3.05) is 26.7 Å². The minimum atomic E-state index is 0.369. The first-order chi connectivity index (χ1) is 12.1. The molecule has 1 aromatic rings. The number of allylic oxidation sites excluding steroid dienone is 1. The third-order valence-electron chi connectivity index (χ3n) is 5.55. The Balaban J connectivity index is 2.01. The van der Waals surface area contributed by atoms with Crippen LogP contribution in [-0.2, 0) is 6.42 Å². The number of benzene rings is 1. The van der Waals surface area contributed by atoms with E-state index in [0.717, 1.165) is 32.5 Å². The van der Waals surface area contributed by atoms with Crippen molar-refractivity contribution in [1.82, 2.24) is 9.80 Å². The van der Waals surface area contributed by atoms with Crippen molar-refractivity contribution >= 4 is 18.2 Å². The van der Waals surface area contributed by atoms with Crippen molar-refractivity contribution in [2.45, 2.75) is 45.5 Å². The zero-order chi connectivity index (χ0) is 17.8. The Kier molecular flexibility index (Phi) is 5.90. The summed E-state index contributed by atoms with van der Waals surface area (Å²) in [6.45, 7) is 12.4. The van der Waals surface area contributed by atoms with E-state index in [0.29, 0.717) is 11.9 Å². The molecule has 1 saturated heterocycles. The molecule has 25 heavy (non-hydrogen) atoms. The van der Waals surface area contributed by atoms with Crippen molar-refractivity contribution in [1.29, 1.82) is 0 Å². The molecule has 3 nitrogen and oxygen atoms in total. The molecule has 0 radical (unpaired) electrons. The van der Waals surface area contributed by atoms with Crippen LogP contribution < -0.4 is 0 Å². The Hall–Kier alpha value is -1.68. The van der Waals surface area contributed by atoms with Gasteiger partial charge in [0.2, 0.25) is 0 Å². The molecule has 132 valence electrons. The zero-order valence-corrected chi connectivity index (χ0v) is 16.1. The van der Waals surface area contributed by atoms with Crippen LogP contribution in [0.2, 0.25) is 5.82 Å². The van der Waals surface area contributed by atoms with Crippen LogP contribution >= 0.6 is 0 Å². The third-order valence-corrected chi connectivity index (χ3v) is 5.55. The molecule has 0 spiro atoms. The number of nitrogens with zero attached hydrogens (tertiary/aromatic N) is 3. The summed E-state index contributed by atoms with van der Waals surface area (Å²) in [5, 5.41) is 0. The number of aliphatic imine (C=N–C) groups is 1. The molecule has 0 saturated carbocycles. The Bertz CT molecular complexity index is 678. The number of rotatable bonds is 3. The Morgan fingerprint density at radius 2 is 1.92 bits per heavy atom. The van der Waals surface area contributed by atoms with Crippen LogP contribution in [-0.4, -0.2) is 60.7 Å². The maximum atomic E-state index is 4.84. The van der Waals surface area contributed by atoms with E-state index in [9.17, 15) is 0 Å².